The summed E-state index contributed by atoms with van der Waals surface area (Å²) in [6.45, 7) is 5.13. The molecule has 0 bridgehead atoms. The van der Waals surface area contributed by atoms with Crippen LogP contribution in [0, 0.1) is 5.92 Å². The van der Waals surface area contributed by atoms with Gasteiger partial charge in [0.1, 0.15) is 0 Å². The van der Waals surface area contributed by atoms with Crippen LogP contribution in [0.15, 0.2) is 0 Å². The Balaban J connectivity index is 3.81. The van der Waals surface area contributed by atoms with Gasteiger partial charge in [-0.05, 0) is 13.8 Å². The second-order valence-corrected chi connectivity index (χ2v) is 7.74. The number of carbonyl (C=O) groups is 1. The van der Waals surface area contributed by atoms with Crippen LogP contribution in [0.25, 0.3) is 0 Å². The van der Waals surface area contributed by atoms with Crippen molar-refractivity contribution in [2.24, 2.45) is 5.92 Å². The van der Waals surface area contributed by atoms with E-state index in [0.29, 0.717) is 11.5 Å². The minimum absolute atomic E-state index is 0.170. The van der Waals surface area contributed by atoms with E-state index in [-0.39, 0.29) is 22.9 Å². The molecule has 4 nitrogen and oxygen atoms in total. The molecule has 0 saturated carbocycles. The van der Waals surface area contributed by atoms with Gasteiger partial charge in [-0.15, -0.1) is 0 Å². The van der Waals surface area contributed by atoms with Crippen LogP contribution in [0.1, 0.15) is 20.8 Å². The maximum atomic E-state index is 11.5. The highest BCUT2D eigenvalue weighted by Crippen LogP contribution is 2.11. The number of hydrogen-bond donors (Lipinski definition) is 0. The number of ether oxygens (including phenoxy) is 1. The first-order valence-corrected chi connectivity index (χ1v) is 8.05. The predicted octanol–water partition coefficient (Wildman–Crippen LogP) is 1.35. The monoisotopic (exact) mass is 268 g/mol. The molecule has 0 aliphatic carbocycles. The fourth-order valence-corrected chi connectivity index (χ4v) is 3.47. The molecule has 0 saturated heterocycles. The molecular formula is C10H20O4S2. The van der Waals surface area contributed by atoms with Crippen molar-refractivity contribution in [1.82, 2.24) is 0 Å². The third-order valence-corrected chi connectivity index (χ3v) is 5.90. The van der Waals surface area contributed by atoms with Crippen LogP contribution in [0.2, 0.25) is 0 Å². The molecule has 0 aromatic carbocycles. The summed E-state index contributed by atoms with van der Waals surface area (Å²) in [7, 11) is -1.61. The lowest BCUT2D eigenvalue weighted by molar-refractivity contribution is -0.143. The fraction of sp³-hybridized carbons (Fsp3) is 0.900. The van der Waals surface area contributed by atoms with Crippen LogP contribution in [0.4, 0.5) is 0 Å². The molecule has 0 fully saturated rings. The van der Waals surface area contributed by atoms with E-state index in [4.69, 9.17) is 0 Å². The number of esters is 1. The molecule has 0 aliphatic heterocycles. The lowest BCUT2D eigenvalue weighted by Crippen LogP contribution is -2.20. The SMILES string of the molecule is COC(=O)C(C)CSCCS(=O)(=O)C(C)C. The predicted molar refractivity (Wildman–Crippen MR) is 67.4 cm³/mol. The van der Waals surface area contributed by atoms with Crippen molar-refractivity contribution >= 4 is 27.6 Å². The second kappa shape index (κ2) is 7.17. The molecule has 0 radical (unpaired) electrons. The summed E-state index contributed by atoms with van der Waals surface area (Å²) in [4.78, 5) is 11.1. The maximum Gasteiger partial charge on any atom is 0.309 e. The smallest absolute Gasteiger partial charge is 0.309 e. The molecule has 0 spiro atoms. The first-order valence-electron chi connectivity index (χ1n) is 5.18. The zero-order valence-corrected chi connectivity index (χ0v) is 11.9. The van der Waals surface area contributed by atoms with E-state index in [1.54, 1.807) is 20.8 Å². The van der Waals surface area contributed by atoms with Gasteiger partial charge in [0.15, 0.2) is 9.84 Å². The lowest BCUT2D eigenvalue weighted by atomic mass is 10.2. The number of sulfone groups is 1. The second-order valence-electron chi connectivity index (χ2n) is 3.91. The Morgan fingerprint density at radius 2 is 1.88 bits per heavy atom. The highest BCUT2D eigenvalue weighted by molar-refractivity contribution is 8.00. The Hall–Kier alpha value is -0.230. The van der Waals surface area contributed by atoms with Gasteiger partial charge >= 0.3 is 5.97 Å². The van der Waals surface area contributed by atoms with Gasteiger partial charge in [0.25, 0.3) is 0 Å². The molecule has 96 valence electrons. The van der Waals surface area contributed by atoms with Gasteiger partial charge in [-0.1, -0.05) is 6.92 Å². The summed E-state index contributed by atoms with van der Waals surface area (Å²) < 4.78 is 27.5. The average molecular weight is 268 g/mol. The summed E-state index contributed by atoms with van der Waals surface area (Å²) in [5.74, 6) is 0.863. The van der Waals surface area contributed by atoms with Crippen LogP contribution < -0.4 is 0 Å². The van der Waals surface area contributed by atoms with Gasteiger partial charge in [0.2, 0.25) is 0 Å². The zero-order chi connectivity index (χ0) is 12.8. The van der Waals surface area contributed by atoms with E-state index in [1.165, 1.54) is 18.9 Å². The number of methoxy groups -OCH3 is 1. The Morgan fingerprint density at radius 3 is 2.31 bits per heavy atom. The van der Waals surface area contributed by atoms with Gasteiger partial charge in [-0.25, -0.2) is 8.42 Å². The van der Waals surface area contributed by atoms with E-state index in [0.717, 1.165) is 0 Å². The van der Waals surface area contributed by atoms with Crippen molar-refractivity contribution in [3.8, 4) is 0 Å². The van der Waals surface area contributed by atoms with Crippen molar-refractivity contribution < 1.29 is 17.9 Å². The summed E-state index contributed by atoms with van der Waals surface area (Å²) in [5.41, 5.74) is 0. The highest BCUT2D eigenvalue weighted by Gasteiger charge is 2.17. The largest absolute Gasteiger partial charge is 0.469 e. The first kappa shape index (κ1) is 15.8. The van der Waals surface area contributed by atoms with E-state index in [9.17, 15) is 13.2 Å². The molecule has 0 aliphatic rings. The topological polar surface area (TPSA) is 60.4 Å². The Labute approximate surface area is 102 Å². The molecule has 0 N–H and O–H groups in total. The molecule has 0 heterocycles. The fourth-order valence-electron chi connectivity index (χ4n) is 0.940. The molecule has 0 rings (SSSR count). The van der Waals surface area contributed by atoms with Crippen molar-refractivity contribution in [2.45, 2.75) is 26.0 Å². The minimum Gasteiger partial charge on any atom is -0.469 e. The first-order chi connectivity index (χ1) is 7.31. The van der Waals surface area contributed by atoms with Crippen molar-refractivity contribution in [3.63, 3.8) is 0 Å². The molecule has 6 heteroatoms. The summed E-state index contributed by atoms with van der Waals surface area (Å²) in [5, 5.41) is -0.328. The van der Waals surface area contributed by atoms with Crippen LogP contribution in [0.5, 0.6) is 0 Å². The summed E-state index contributed by atoms with van der Waals surface area (Å²) >= 11 is 1.47. The Kier molecular flexibility index (Phi) is 7.06. The molecule has 1 unspecified atom stereocenters. The normalized spacial score (nSPS) is 13.8. The Bertz CT molecular complexity index is 309. The van der Waals surface area contributed by atoms with Crippen molar-refractivity contribution in [2.75, 3.05) is 24.4 Å². The molecule has 0 aromatic heterocycles. The van der Waals surface area contributed by atoms with Gasteiger partial charge in [-0.2, -0.15) is 11.8 Å². The van der Waals surface area contributed by atoms with Gasteiger partial charge < -0.3 is 4.74 Å². The minimum atomic E-state index is -2.96. The van der Waals surface area contributed by atoms with Crippen LogP contribution >= 0.6 is 11.8 Å². The van der Waals surface area contributed by atoms with Crippen LogP contribution in [0.3, 0.4) is 0 Å². The third-order valence-electron chi connectivity index (χ3n) is 2.20. The molecule has 16 heavy (non-hydrogen) atoms. The molecular weight excluding hydrogens is 248 g/mol. The van der Waals surface area contributed by atoms with Gasteiger partial charge in [0.05, 0.1) is 24.0 Å². The van der Waals surface area contributed by atoms with Crippen LogP contribution in [-0.2, 0) is 19.4 Å². The third kappa shape index (κ3) is 5.75. The maximum absolute atomic E-state index is 11.5. The van der Waals surface area contributed by atoms with E-state index in [1.807, 2.05) is 0 Å². The molecule has 0 aromatic rings. The van der Waals surface area contributed by atoms with Crippen molar-refractivity contribution in [1.29, 1.82) is 0 Å². The summed E-state index contributed by atoms with van der Waals surface area (Å²) in [6, 6.07) is 0. The highest BCUT2D eigenvalue weighted by atomic mass is 32.2. The van der Waals surface area contributed by atoms with E-state index < -0.39 is 9.84 Å². The zero-order valence-electron chi connectivity index (χ0n) is 10.2. The molecule has 1 atom stereocenters. The van der Waals surface area contributed by atoms with Gasteiger partial charge in [0, 0.05) is 11.5 Å². The lowest BCUT2D eigenvalue weighted by Gasteiger charge is -2.09. The quantitative estimate of drug-likeness (QED) is 0.515. The number of carbonyl (C=O) groups excluding carboxylic acids is 1. The summed E-state index contributed by atoms with van der Waals surface area (Å²) in [6.07, 6.45) is 0. The number of hydrogen-bond acceptors (Lipinski definition) is 5. The van der Waals surface area contributed by atoms with E-state index in [2.05, 4.69) is 4.74 Å². The molecule has 0 amide bonds. The average Bonchev–Trinajstić information content (AvgIpc) is 2.22. The standard InChI is InChI=1S/C10H20O4S2/c1-8(2)16(12,13)6-5-15-7-9(3)10(11)14-4/h8-9H,5-7H2,1-4H3. The van der Waals surface area contributed by atoms with E-state index >= 15 is 0 Å². The number of thioether (sulfide) groups is 1. The van der Waals surface area contributed by atoms with Gasteiger partial charge in [-0.3, -0.25) is 4.79 Å². The number of rotatable bonds is 7. The van der Waals surface area contributed by atoms with Crippen molar-refractivity contribution in [3.05, 3.63) is 0 Å². The Morgan fingerprint density at radius 1 is 1.31 bits per heavy atom. The van der Waals surface area contributed by atoms with Crippen LogP contribution in [-0.4, -0.2) is 44.0 Å².